The second-order valence-electron chi connectivity index (χ2n) is 2.62. The van der Waals surface area contributed by atoms with Crippen LogP contribution in [0.25, 0.3) is 0 Å². The highest BCUT2D eigenvalue weighted by atomic mass is 28.1. The van der Waals surface area contributed by atoms with Gasteiger partial charge in [0.2, 0.25) is 0 Å². The lowest BCUT2D eigenvalue weighted by atomic mass is 10.2. The number of carboxylic acid groups (broad SMARTS) is 1. The number of nitrogens with one attached hydrogen (secondary N) is 1. The van der Waals surface area contributed by atoms with E-state index in [9.17, 15) is 4.79 Å². The fraction of sp³-hybridized carbons (Fsp3) is 0.833. The molecule has 1 amide bonds. The quantitative estimate of drug-likeness (QED) is 0.581. The van der Waals surface area contributed by atoms with Crippen LogP contribution in [0.4, 0.5) is 4.79 Å². The highest BCUT2D eigenvalue weighted by molar-refractivity contribution is 6.12. The fourth-order valence-electron chi connectivity index (χ4n) is 0.691. The van der Waals surface area contributed by atoms with Crippen LogP contribution < -0.4 is 5.32 Å². The summed E-state index contributed by atoms with van der Waals surface area (Å²) >= 11 is 0. The van der Waals surface area contributed by atoms with E-state index in [1.54, 1.807) is 0 Å². The highest BCUT2D eigenvalue weighted by Gasteiger charge is 2.10. The molecule has 0 saturated carbocycles. The maximum Gasteiger partial charge on any atom is 0.404 e. The Labute approximate surface area is 64.2 Å². The van der Waals surface area contributed by atoms with Crippen molar-refractivity contribution in [2.24, 2.45) is 0 Å². The molecule has 60 valence electrons. The number of rotatable bonds is 3. The van der Waals surface area contributed by atoms with Gasteiger partial charge in [0.05, 0.1) is 0 Å². The van der Waals surface area contributed by atoms with Gasteiger partial charge in [-0.3, -0.25) is 0 Å². The zero-order valence-electron chi connectivity index (χ0n) is 6.72. The summed E-state index contributed by atoms with van der Waals surface area (Å²) in [6, 6.07) is 0.120. The highest BCUT2D eigenvalue weighted by Crippen LogP contribution is 2.09. The van der Waals surface area contributed by atoms with E-state index in [4.69, 9.17) is 5.11 Å². The first-order valence-electron chi connectivity index (χ1n) is 3.57. The molecule has 3 nitrogen and oxygen atoms in total. The Hall–Kier alpha value is -0.513. The smallest absolute Gasteiger partial charge is 0.404 e. The third kappa shape index (κ3) is 3.50. The molecule has 0 aromatic heterocycles. The van der Waals surface area contributed by atoms with Crippen molar-refractivity contribution in [2.45, 2.75) is 31.9 Å². The Kier molecular flexibility index (Phi) is 4.10. The third-order valence-electron chi connectivity index (χ3n) is 1.85. The Bertz CT molecular complexity index is 118. The van der Waals surface area contributed by atoms with E-state index in [2.05, 4.69) is 12.2 Å². The number of hydrogen-bond donors (Lipinski definition) is 2. The topological polar surface area (TPSA) is 49.3 Å². The third-order valence-corrected chi connectivity index (χ3v) is 3.67. The molecule has 10 heavy (non-hydrogen) atoms. The fourth-order valence-corrected chi connectivity index (χ4v) is 0.857. The molecule has 0 heterocycles. The minimum absolute atomic E-state index is 0.120. The molecule has 0 fully saturated rings. The minimum Gasteiger partial charge on any atom is -0.465 e. The number of carbonyl (C=O) groups is 1. The van der Waals surface area contributed by atoms with Gasteiger partial charge in [-0.15, -0.1) is 0 Å². The lowest BCUT2D eigenvalue weighted by molar-refractivity contribution is 0.190. The van der Waals surface area contributed by atoms with Crippen LogP contribution in [0.2, 0.25) is 5.54 Å². The Morgan fingerprint density at radius 2 is 2.30 bits per heavy atom. The average molecular weight is 161 g/mol. The summed E-state index contributed by atoms with van der Waals surface area (Å²) in [5, 5.41) is 10.8. The molecule has 2 N–H and O–H groups in total. The van der Waals surface area contributed by atoms with Gasteiger partial charge in [-0.05, 0) is 12.5 Å². The summed E-state index contributed by atoms with van der Waals surface area (Å²) in [6.07, 6.45) is 0.148. The predicted octanol–water partition coefficient (Wildman–Crippen LogP) is 0.206. The molecule has 0 aliphatic carbocycles. The molecule has 0 spiro atoms. The van der Waals surface area contributed by atoms with Crippen LogP contribution in [0.5, 0.6) is 0 Å². The SMILES string of the molecule is CCC([SiH3])C(C)NC(=O)O. The van der Waals surface area contributed by atoms with E-state index in [-0.39, 0.29) is 6.04 Å². The van der Waals surface area contributed by atoms with E-state index in [1.165, 1.54) is 0 Å². The van der Waals surface area contributed by atoms with Crippen molar-refractivity contribution in [1.29, 1.82) is 0 Å². The predicted molar refractivity (Wildman–Crippen MR) is 44.6 cm³/mol. The largest absolute Gasteiger partial charge is 0.465 e. The van der Waals surface area contributed by atoms with Gasteiger partial charge in [0.15, 0.2) is 0 Å². The Morgan fingerprint density at radius 3 is 2.60 bits per heavy atom. The second kappa shape index (κ2) is 4.33. The molecule has 0 aromatic carbocycles. The normalized spacial score (nSPS) is 16.2. The molecule has 0 rings (SSSR count). The average Bonchev–Trinajstić information content (AvgIpc) is 1.85. The summed E-state index contributed by atoms with van der Waals surface area (Å²) < 4.78 is 0. The summed E-state index contributed by atoms with van der Waals surface area (Å²) in [5.41, 5.74) is 0.552. The van der Waals surface area contributed by atoms with Crippen LogP contribution in [-0.2, 0) is 0 Å². The van der Waals surface area contributed by atoms with Crippen LogP contribution in [0.15, 0.2) is 0 Å². The van der Waals surface area contributed by atoms with Crippen LogP contribution in [0.1, 0.15) is 20.3 Å². The van der Waals surface area contributed by atoms with Crippen molar-refractivity contribution in [3.63, 3.8) is 0 Å². The van der Waals surface area contributed by atoms with Crippen molar-refractivity contribution >= 4 is 16.3 Å². The summed E-state index contributed by atoms with van der Waals surface area (Å²) in [6.45, 7) is 3.99. The molecule has 0 saturated heterocycles. The minimum atomic E-state index is -0.915. The first kappa shape index (κ1) is 9.49. The zero-order chi connectivity index (χ0) is 8.15. The van der Waals surface area contributed by atoms with Crippen LogP contribution >= 0.6 is 0 Å². The van der Waals surface area contributed by atoms with E-state index < -0.39 is 6.09 Å². The Balaban J connectivity index is 3.61. The second-order valence-corrected chi connectivity index (χ2v) is 4.11. The molecular weight excluding hydrogens is 146 g/mol. The van der Waals surface area contributed by atoms with Gasteiger partial charge in [0.1, 0.15) is 0 Å². The molecule has 2 unspecified atom stereocenters. The van der Waals surface area contributed by atoms with Crippen molar-refractivity contribution in [2.75, 3.05) is 0 Å². The van der Waals surface area contributed by atoms with Crippen molar-refractivity contribution < 1.29 is 9.90 Å². The molecular formula is C6H15NO2Si. The number of hydrogen-bond acceptors (Lipinski definition) is 1. The molecule has 0 aliphatic heterocycles. The van der Waals surface area contributed by atoms with Gasteiger partial charge in [-0.25, -0.2) is 4.79 Å². The van der Waals surface area contributed by atoms with E-state index in [0.717, 1.165) is 16.7 Å². The maximum absolute atomic E-state index is 10.1. The summed E-state index contributed by atoms with van der Waals surface area (Å²) in [4.78, 5) is 10.1. The van der Waals surface area contributed by atoms with Gasteiger partial charge in [-0.1, -0.05) is 13.3 Å². The lowest BCUT2D eigenvalue weighted by Gasteiger charge is -2.17. The lowest BCUT2D eigenvalue weighted by Crippen LogP contribution is -2.34. The molecule has 0 aromatic rings. The molecule has 4 heteroatoms. The van der Waals surface area contributed by atoms with Gasteiger partial charge < -0.3 is 10.4 Å². The van der Waals surface area contributed by atoms with Crippen molar-refractivity contribution in [3.8, 4) is 0 Å². The summed E-state index contributed by atoms with van der Waals surface area (Å²) in [5.74, 6) is 0. The molecule has 0 bridgehead atoms. The van der Waals surface area contributed by atoms with Gasteiger partial charge in [0.25, 0.3) is 0 Å². The van der Waals surface area contributed by atoms with Gasteiger partial charge >= 0.3 is 6.09 Å². The standard InChI is InChI=1S/C6H15NO2Si/c1-3-5(10)4(2)7-6(8)9/h4-5,7H,3H2,1-2,10H3,(H,8,9). The van der Waals surface area contributed by atoms with Gasteiger partial charge in [0, 0.05) is 16.3 Å². The Morgan fingerprint density at radius 1 is 1.80 bits per heavy atom. The first-order chi connectivity index (χ1) is 4.57. The van der Waals surface area contributed by atoms with Crippen molar-refractivity contribution in [3.05, 3.63) is 0 Å². The monoisotopic (exact) mass is 161 g/mol. The van der Waals surface area contributed by atoms with E-state index >= 15 is 0 Å². The van der Waals surface area contributed by atoms with Crippen LogP contribution in [0, 0.1) is 0 Å². The molecule has 2 atom stereocenters. The van der Waals surface area contributed by atoms with Gasteiger partial charge in [-0.2, -0.15) is 0 Å². The van der Waals surface area contributed by atoms with Crippen molar-refractivity contribution in [1.82, 2.24) is 5.32 Å². The molecule has 0 radical (unpaired) electrons. The van der Waals surface area contributed by atoms with E-state index in [0.29, 0.717) is 5.54 Å². The van der Waals surface area contributed by atoms with Crippen LogP contribution in [0.3, 0.4) is 0 Å². The van der Waals surface area contributed by atoms with E-state index in [1.807, 2.05) is 6.92 Å². The summed E-state index contributed by atoms with van der Waals surface area (Å²) in [7, 11) is 1.05. The molecule has 0 aliphatic rings. The maximum atomic E-state index is 10.1. The number of amides is 1. The zero-order valence-corrected chi connectivity index (χ0v) is 8.72. The van der Waals surface area contributed by atoms with Crippen LogP contribution in [-0.4, -0.2) is 27.5 Å². The first-order valence-corrected chi connectivity index (χ1v) is 4.72.